The molecule has 1 aromatic heterocycles. The highest BCUT2D eigenvalue weighted by molar-refractivity contribution is 9.10. The van der Waals surface area contributed by atoms with Crippen molar-refractivity contribution >= 4 is 50.1 Å². The van der Waals surface area contributed by atoms with Crippen LogP contribution in [-0.2, 0) is 27.2 Å². The molecule has 4 bridgehead atoms. The Morgan fingerprint density at radius 2 is 1.90 bits per heavy atom. The summed E-state index contributed by atoms with van der Waals surface area (Å²) in [4.78, 5) is 38.4. The van der Waals surface area contributed by atoms with Crippen LogP contribution in [0.4, 0.5) is 5.00 Å². The number of carbonyl (C=O) groups excluding carboxylic acids is 3. The summed E-state index contributed by atoms with van der Waals surface area (Å²) in [7, 11) is 0. The molecule has 4 fully saturated rings. The fraction of sp³-hybridized carbons (Fsp3) is 0.667. The lowest BCUT2D eigenvalue weighted by Crippen LogP contribution is -2.56. The van der Waals surface area contributed by atoms with Crippen molar-refractivity contribution in [3.05, 3.63) is 16.0 Å². The summed E-state index contributed by atoms with van der Waals surface area (Å²) >= 11 is 5.31. The zero-order valence-corrected chi connectivity index (χ0v) is 18.6. The van der Waals surface area contributed by atoms with Crippen molar-refractivity contribution in [1.82, 2.24) is 0 Å². The molecule has 6 nitrogen and oxygen atoms in total. The van der Waals surface area contributed by atoms with Crippen LogP contribution in [0.2, 0.25) is 0 Å². The molecule has 5 aliphatic rings. The van der Waals surface area contributed by atoms with Crippen LogP contribution in [0, 0.1) is 17.3 Å². The van der Waals surface area contributed by atoms with E-state index in [0.717, 1.165) is 61.8 Å². The molecule has 2 unspecified atom stereocenters. The summed E-state index contributed by atoms with van der Waals surface area (Å²) in [5, 5.41) is 3.23. The van der Waals surface area contributed by atoms with E-state index in [9.17, 15) is 14.4 Å². The predicted octanol–water partition coefficient (Wildman–Crippen LogP) is 3.55. The van der Waals surface area contributed by atoms with E-state index < -0.39 is 17.2 Å². The lowest BCUT2D eigenvalue weighted by atomic mass is 9.49. The summed E-state index contributed by atoms with van der Waals surface area (Å²) in [6.07, 6.45) is 8.76. The molecule has 1 heterocycles. The zero-order valence-electron chi connectivity index (χ0n) is 16.2. The minimum Gasteiger partial charge on any atom is -0.455 e. The number of thiophene rings is 1. The Labute approximate surface area is 182 Å². The average molecular weight is 481 g/mol. The van der Waals surface area contributed by atoms with Crippen LogP contribution in [0.25, 0.3) is 0 Å². The quantitative estimate of drug-likeness (QED) is 0.497. The minimum atomic E-state index is -0.520. The molecule has 6 rings (SSSR count). The van der Waals surface area contributed by atoms with Crippen molar-refractivity contribution in [2.24, 2.45) is 23.0 Å². The molecule has 3 N–H and O–H groups in total. The highest BCUT2D eigenvalue weighted by Gasteiger charge is 2.60. The number of ether oxygens (including phenoxy) is 1. The van der Waals surface area contributed by atoms with Crippen molar-refractivity contribution in [3.63, 3.8) is 0 Å². The van der Waals surface area contributed by atoms with E-state index in [-0.39, 0.29) is 16.9 Å². The van der Waals surface area contributed by atoms with E-state index in [1.165, 1.54) is 17.8 Å². The molecule has 5 aliphatic carbocycles. The molecule has 0 radical (unpaired) electrons. The number of amides is 2. The van der Waals surface area contributed by atoms with Crippen molar-refractivity contribution in [2.75, 3.05) is 11.9 Å². The van der Waals surface area contributed by atoms with Gasteiger partial charge in [-0.1, -0.05) is 15.9 Å². The smallest absolute Gasteiger partial charge is 0.312 e. The lowest BCUT2D eigenvalue weighted by Gasteiger charge is -2.58. The molecule has 8 heteroatoms. The summed E-state index contributed by atoms with van der Waals surface area (Å²) in [5.74, 6) is -0.0337. The number of halogens is 1. The third kappa shape index (κ3) is 3.32. The van der Waals surface area contributed by atoms with Gasteiger partial charge in [-0.25, -0.2) is 0 Å². The van der Waals surface area contributed by atoms with Crippen LogP contribution >= 0.6 is 27.3 Å². The normalized spacial score (nSPS) is 34.1. The van der Waals surface area contributed by atoms with Gasteiger partial charge in [0.1, 0.15) is 5.00 Å². The molecular formula is C21H25BrN2O4S. The molecule has 1 aromatic rings. The highest BCUT2D eigenvalue weighted by atomic mass is 79.9. The number of primary amides is 1. The lowest BCUT2D eigenvalue weighted by molar-refractivity contribution is -0.170. The molecule has 0 aromatic carbocycles. The van der Waals surface area contributed by atoms with Crippen molar-refractivity contribution in [1.29, 1.82) is 0 Å². The molecule has 4 saturated carbocycles. The third-order valence-corrected chi connectivity index (χ3v) is 9.31. The maximum absolute atomic E-state index is 13.0. The Morgan fingerprint density at radius 3 is 2.55 bits per heavy atom. The fourth-order valence-electron chi connectivity index (χ4n) is 6.59. The third-order valence-electron chi connectivity index (χ3n) is 7.18. The van der Waals surface area contributed by atoms with Gasteiger partial charge in [-0.3, -0.25) is 14.4 Å². The van der Waals surface area contributed by atoms with Gasteiger partial charge in [-0.05, 0) is 75.2 Å². The Balaban J connectivity index is 1.24. The van der Waals surface area contributed by atoms with E-state index in [1.807, 2.05) is 0 Å². The van der Waals surface area contributed by atoms with Gasteiger partial charge in [0.15, 0.2) is 6.61 Å². The first-order valence-electron chi connectivity index (χ1n) is 10.4. The molecule has 0 aliphatic heterocycles. The predicted molar refractivity (Wildman–Crippen MR) is 113 cm³/mol. The average Bonchev–Trinajstić information content (AvgIpc) is 3.17. The number of aryl methyl sites for hydroxylation is 1. The van der Waals surface area contributed by atoms with E-state index in [0.29, 0.717) is 22.4 Å². The number of alkyl halides is 1. The topological polar surface area (TPSA) is 98.5 Å². The van der Waals surface area contributed by atoms with Crippen molar-refractivity contribution < 1.29 is 19.1 Å². The molecule has 29 heavy (non-hydrogen) atoms. The molecule has 0 saturated heterocycles. The van der Waals surface area contributed by atoms with Gasteiger partial charge in [0.05, 0.1) is 11.0 Å². The summed E-state index contributed by atoms with van der Waals surface area (Å²) in [5.41, 5.74) is 6.48. The van der Waals surface area contributed by atoms with Gasteiger partial charge in [0.2, 0.25) is 0 Å². The maximum Gasteiger partial charge on any atom is 0.312 e. The second kappa shape index (κ2) is 6.80. The minimum absolute atomic E-state index is 0.0618. The summed E-state index contributed by atoms with van der Waals surface area (Å²) < 4.78 is 5.56. The molecule has 2 amide bonds. The van der Waals surface area contributed by atoms with Crippen LogP contribution in [-0.4, -0.2) is 28.7 Å². The Bertz CT molecular complexity index is 897. The van der Waals surface area contributed by atoms with Crippen molar-refractivity contribution in [3.8, 4) is 0 Å². The van der Waals surface area contributed by atoms with Gasteiger partial charge < -0.3 is 15.8 Å². The first kappa shape index (κ1) is 19.5. The Kier molecular flexibility index (Phi) is 4.59. The zero-order chi connectivity index (χ0) is 20.4. The number of fused-ring (bicyclic) bond motifs is 1. The molecule has 0 spiro atoms. The second-order valence-electron chi connectivity index (χ2n) is 9.44. The molecule has 156 valence electrons. The fourth-order valence-corrected chi connectivity index (χ4v) is 9.35. The summed E-state index contributed by atoms with van der Waals surface area (Å²) in [6.45, 7) is -0.327. The number of nitrogens with one attached hydrogen (secondary N) is 1. The van der Waals surface area contributed by atoms with E-state index in [1.54, 1.807) is 0 Å². The first-order chi connectivity index (χ1) is 13.8. The largest absolute Gasteiger partial charge is 0.455 e. The van der Waals surface area contributed by atoms with Gasteiger partial charge >= 0.3 is 5.97 Å². The Hall–Kier alpha value is -1.41. The number of hydrogen-bond acceptors (Lipinski definition) is 5. The van der Waals surface area contributed by atoms with Gasteiger partial charge in [0, 0.05) is 9.20 Å². The number of hydrogen-bond donors (Lipinski definition) is 2. The standard InChI is InChI=1S/C21H25BrN2O4S/c22-21-7-11-4-12(8-21)6-20(5-11,10-21)19(27)28-9-15(25)24-18-16(17(23)26)13-2-1-3-14(13)29-18/h11-12H,1-10H2,(H2,23,26)(H,24,25)/t11-,12+,20?,21?. The van der Waals surface area contributed by atoms with E-state index >= 15 is 0 Å². The number of anilines is 1. The van der Waals surface area contributed by atoms with Gasteiger partial charge in [0.25, 0.3) is 11.8 Å². The number of nitrogens with two attached hydrogens (primary N) is 1. The molecular weight excluding hydrogens is 456 g/mol. The highest BCUT2D eigenvalue weighted by Crippen LogP contribution is 2.64. The van der Waals surface area contributed by atoms with Crippen LogP contribution in [0.1, 0.15) is 65.7 Å². The van der Waals surface area contributed by atoms with Gasteiger partial charge in [-0.15, -0.1) is 11.3 Å². The van der Waals surface area contributed by atoms with Crippen molar-refractivity contribution in [2.45, 2.75) is 62.1 Å². The number of carbonyl (C=O) groups is 3. The number of esters is 1. The maximum atomic E-state index is 13.0. The van der Waals surface area contributed by atoms with E-state index in [4.69, 9.17) is 10.5 Å². The van der Waals surface area contributed by atoms with E-state index in [2.05, 4.69) is 21.2 Å². The summed E-state index contributed by atoms with van der Waals surface area (Å²) in [6, 6.07) is 0. The Morgan fingerprint density at radius 1 is 1.17 bits per heavy atom. The SMILES string of the molecule is NC(=O)c1c(NC(=O)COC(=O)C23C[C@@H]4C[C@@H](CC(Br)(C4)C2)C3)sc2c1CCC2. The first-order valence-corrected chi connectivity index (χ1v) is 12.0. The van der Waals surface area contributed by atoms with Crippen LogP contribution in [0.5, 0.6) is 0 Å². The van der Waals surface area contributed by atoms with Gasteiger partial charge in [-0.2, -0.15) is 0 Å². The number of rotatable bonds is 5. The van der Waals surface area contributed by atoms with Crippen LogP contribution in [0.15, 0.2) is 0 Å². The van der Waals surface area contributed by atoms with Crippen LogP contribution < -0.4 is 11.1 Å². The van der Waals surface area contributed by atoms with Crippen LogP contribution in [0.3, 0.4) is 0 Å². The second-order valence-corrected chi connectivity index (χ2v) is 12.2. The molecule has 4 atom stereocenters. The monoisotopic (exact) mass is 480 g/mol.